The molecule has 0 fully saturated rings. The predicted octanol–water partition coefficient (Wildman–Crippen LogP) is 0.673. The predicted molar refractivity (Wildman–Crippen MR) is 39.2 cm³/mol. The molecular formula is C6H8O5S. The fourth-order valence-electron chi connectivity index (χ4n) is 0.714. The Bertz CT molecular complexity index is 350. The molecule has 0 amide bonds. The molecule has 12 heavy (non-hydrogen) atoms. The van der Waals surface area contributed by atoms with Crippen LogP contribution < -0.4 is 0 Å². The van der Waals surface area contributed by atoms with Gasteiger partial charge in [0.25, 0.3) is 10.1 Å². The van der Waals surface area contributed by atoms with E-state index in [0.717, 1.165) is 6.26 Å². The van der Waals surface area contributed by atoms with E-state index in [4.69, 9.17) is 8.97 Å². The standard InChI is InChI=1S/C6H8O5S/c1-10-3-5-2-6(4-11-5)12(7,8)9/h2,4H,3H2,1H3,(H,7,8,9). The van der Waals surface area contributed by atoms with Crippen LogP contribution in [0.15, 0.2) is 21.6 Å². The van der Waals surface area contributed by atoms with E-state index < -0.39 is 10.1 Å². The molecule has 6 heteroatoms. The van der Waals surface area contributed by atoms with E-state index in [0.29, 0.717) is 5.76 Å². The SMILES string of the molecule is COCc1cc(S(=O)(=O)O)co1. The van der Waals surface area contributed by atoms with Crippen molar-refractivity contribution in [2.75, 3.05) is 7.11 Å². The molecule has 1 aromatic rings. The number of methoxy groups -OCH3 is 1. The molecule has 0 bridgehead atoms. The minimum absolute atomic E-state index is 0.176. The average Bonchev–Trinajstić information content (AvgIpc) is 2.35. The lowest BCUT2D eigenvalue weighted by molar-refractivity contribution is 0.164. The van der Waals surface area contributed by atoms with Crippen LogP contribution in [-0.4, -0.2) is 20.1 Å². The third-order valence-corrected chi connectivity index (χ3v) is 2.02. The van der Waals surface area contributed by atoms with Crippen molar-refractivity contribution in [3.63, 3.8) is 0 Å². The van der Waals surface area contributed by atoms with Crippen LogP contribution in [0.3, 0.4) is 0 Å². The molecule has 0 aromatic carbocycles. The minimum atomic E-state index is -4.15. The molecule has 1 heterocycles. The first-order chi connectivity index (χ1) is 5.54. The number of hydrogen-bond donors (Lipinski definition) is 1. The zero-order valence-electron chi connectivity index (χ0n) is 6.35. The van der Waals surface area contributed by atoms with Crippen molar-refractivity contribution in [1.82, 2.24) is 0 Å². The highest BCUT2D eigenvalue weighted by Crippen LogP contribution is 2.13. The third-order valence-electron chi connectivity index (χ3n) is 1.21. The van der Waals surface area contributed by atoms with Crippen molar-refractivity contribution in [2.24, 2.45) is 0 Å². The first kappa shape index (κ1) is 9.24. The molecule has 1 N–H and O–H groups in total. The highest BCUT2D eigenvalue weighted by molar-refractivity contribution is 7.85. The van der Waals surface area contributed by atoms with Crippen molar-refractivity contribution in [2.45, 2.75) is 11.5 Å². The molecular weight excluding hydrogens is 184 g/mol. The summed E-state index contributed by atoms with van der Waals surface area (Å²) in [5.41, 5.74) is 0. The second kappa shape index (κ2) is 3.26. The first-order valence-electron chi connectivity index (χ1n) is 3.08. The van der Waals surface area contributed by atoms with Crippen LogP contribution >= 0.6 is 0 Å². The molecule has 5 nitrogen and oxygen atoms in total. The van der Waals surface area contributed by atoms with E-state index in [1.165, 1.54) is 13.2 Å². The summed E-state index contributed by atoms with van der Waals surface area (Å²) in [7, 11) is -2.70. The van der Waals surface area contributed by atoms with E-state index in [2.05, 4.69) is 4.74 Å². The van der Waals surface area contributed by atoms with Crippen molar-refractivity contribution < 1.29 is 22.1 Å². The van der Waals surface area contributed by atoms with Crippen LogP contribution in [0.4, 0.5) is 0 Å². The lowest BCUT2D eigenvalue weighted by Gasteiger charge is -1.89. The second-order valence-electron chi connectivity index (χ2n) is 2.16. The summed E-state index contributed by atoms with van der Waals surface area (Å²) in [5.74, 6) is 0.352. The van der Waals surface area contributed by atoms with Crippen molar-refractivity contribution in [3.8, 4) is 0 Å². The number of rotatable bonds is 3. The average molecular weight is 192 g/mol. The third kappa shape index (κ3) is 2.07. The van der Waals surface area contributed by atoms with Gasteiger partial charge in [0.15, 0.2) is 0 Å². The first-order valence-corrected chi connectivity index (χ1v) is 4.52. The van der Waals surface area contributed by atoms with Crippen LogP contribution in [-0.2, 0) is 21.5 Å². The number of hydrogen-bond acceptors (Lipinski definition) is 4. The highest BCUT2D eigenvalue weighted by atomic mass is 32.2. The molecule has 0 radical (unpaired) electrons. The Morgan fingerprint density at radius 2 is 2.33 bits per heavy atom. The van der Waals surface area contributed by atoms with Gasteiger partial charge in [-0.25, -0.2) is 0 Å². The zero-order valence-corrected chi connectivity index (χ0v) is 7.17. The fraction of sp³-hybridized carbons (Fsp3) is 0.333. The van der Waals surface area contributed by atoms with Crippen molar-refractivity contribution in [3.05, 3.63) is 18.1 Å². The Kier molecular flexibility index (Phi) is 2.51. The van der Waals surface area contributed by atoms with Crippen LogP contribution in [0.2, 0.25) is 0 Å². The molecule has 0 aliphatic rings. The smallest absolute Gasteiger partial charge is 0.297 e. The largest absolute Gasteiger partial charge is 0.465 e. The second-order valence-corrected chi connectivity index (χ2v) is 3.58. The van der Waals surface area contributed by atoms with Gasteiger partial charge in [-0.2, -0.15) is 8.42 Å². The van der Waals surface area contributed by atoms with Gasteiger partial charge in [0, 0.05) is 13.2 Å². The lowest BCUT2D eigenvalue weighted by atomic mass is 10.5. The van der Waals surface area contributed by atoms with Gasteiger partial charge in [0.05, 0.1) is 0 Å². The Morgan fingerprint density at radius 3 is 2.75 bits per heavy atom. The van der Waals surface area contributed by atoms with Gasteiger partial charge in [-0.05, 0) is 0 Å². The van der Waals surface area contributed by atoms with Crippen LogP contribution in [0.5, 0.6) is 0 Å². The topological polar surface area (TPSA) is 76.7 Å². The van der Waals surface area contributed by atoms with E-state index in [1.807, 2.05) is 0 Å². The quantitative estimate of drug-likeness (QED) is 0.712. The maximum Gasteiger partial charge on any atom is 0.297 e. The van der Waals surface area contributed by atoms with Gasteiger partial charge in [-0.1, -0.05) is 0 Å². The molecule has 0 aliphatic heterocycles. The number of furan rings is 1. The normalized spacial score (nSPS) is 11.8. The molecule has 0 atom stereocenters. The Morgan fingerprint density at radius 1 is 1.67 bits per heavy atom. The van der Waals surface area contributed by atoms with Crippen molar-refractivity contribution in [1.29, 1.82) is 0 Å². The highest BCUT2D eigenvalue weighted by Gasteiger charge is 2.13. The molecule has 0 aliphatic carbocycles. The van der Waals surface area contributed by atoms with Gasteiger partial charge in [0.2, 0.25) is 0 Å². The molecule has 1 rings (SSSR count). The van der Waals surface area contributed by atoms with Gasteiger partial charge >= 0.3 is 0 Å². The van der Waals surface area contributed by atoms with E-state index >= 15 is 0 Å². The zero-order chi connectivity index (χ0) is 9.19. The molecule has 0 spiro atoms. The summed E-state index contributed by atoms with van der Waals surface area (Å²) >= 11 is 0. The van der Waals surface area contributed by atoms with Gasteiger partial charge in [-0.3, -0.25) is 4.55 Å². The molecule has 0 saturated carbocycles. The van der Waals surface area contributed by atoms with Crippen LogP contribution in [0.1, 0.15) is 5.76 Å². The van der Waals surface area contributed by atoms with E-state index in [-0.39, 0.29) is 11.5 Å². The number of ether oxygens (including phenoxy) is 1. The van der Waals surface area contributed by atoms with Crippen LogP contribution in [0, 0.1) is 0 Å². The Labute approximate surface area is 69.7 Å². The maximum absolute atomic E-state index is 10.5. The summed E-state index contributed by atoms with van der Waals surface area (Å²) in [5, 5.41) is 0. The van der Waals surface area contributed by atoms with E-state index in [9.17, 15) is 8.42 Å². The van der Waals surface area contributed by atoms with Crippen molar-refractivity contribution >= 4 is 10.1 Å². The summed E-state index contributed by atoms with van der Waals surface area (Å²) in [4.78, 5) is -0.255. The molecule has 1 aromatic heterocycles. The minimum Gasteiger partial charge on any atom is -0.465 e. The Balaban J connectivity index is 2.92. The maximum atomic E-state index is 10.5. The van der Waals surface area contributed by atoms with Gasteiger partial charge < -0.3 is 9.15 Å². The summed E-state index contributed by atoms with van der Waals surface area (Å²) in [6.45, 7) is 0.176. The molecule has 68 valence electrons. The van der Waals surface area contributed by atoms with Gasteiger partial charge in [0.1, 0.15) is 23.5 Å². The Hall–Kier alpha value is -0.850. The monoisotopic (exact) mass is 192 g/mol. The lowest BCUT2D eigenvalue weighted by Crippen LogP contribution is -1.95. The summed E-state index contributed by atoms with van der Waals surface area (Å²) < 4.78 is 39.0. The van der Waals surface area contributed by atoms with E-state index in [1.54, 1.807) is 0 Å². The van der Waals surface area contributed by atoms with Gasteiger partial charge in [-0.15, -0.1) is 0 Å². The fourth-order valence-corrected chi connectivity index (χ4v) is 1.16. The molecule has 0 saturated heterocycles. The molecule has 0 unspecified atom stereocenters. The summed E-state index contributed by atoms with van der Waals surface area (Å²) in [6.07, 6.45) is 0.962. The van der Waals surface area contributed by atoms with Crippen LogP contribution in [0.25, 0.3) is 0 Å². The summed E-state index contributed by atoms with van der Waals surface area (Å²) in [6, 6.07) is 1.21.